The molecule has 0 saturated heterocycles. The normalized spacial score (nSPS) is 10.5. The van der Waals surface area contributed by atoms with Crippen LogP contribution in [0.15, 0.2) is 71.8 Å². The maximum Gasteiger partial charge on any atom is 0.343 e. The summed E-state index contributed by atoms with van der Waals surface area (Å²) in [5, 5.41) is 3.97. The summed E-state index contributed by atoms with van der Waals surface area (Å²) < 4.78 is 21.2. The van der Waals surface area contributed by atoms with Crippen LogP contribution in [0.2, 0.25) is 0 Å². The lowest BCUT2D eigenvalue weighted by atomic mass is 10.2. The number of carbonyl (C=O) groups is 2. The van der Waals surface area contributed by atoms with E-state index in [0.717, 1.165) is 0 Å². The lowest BCUT2D eigenvalue weighted by Crippen LogP contribution is -2.17. The second kappa shape index (κ2) is 11.3. The number of hydrazone groups is 1. The summed E-state index contributed by atoms with van der Waals surface area (Å²) in [5.41, 5.74) is 3.93. The van der Waals surface area contributed by atoms with Gasteiger partial charge in [-0.2, -0.15) is 5.10 Å². The predicted octanol–water partition coefficient (Wildman–Crippen LogP) is 4.09. The van der Waals surface area contributed by atoms with Gasteiger partial charge in [0.05, 0.1) is 32.6 Å². The highest BCUT2D eigenvalue weighted by atomic mass is 16.6. The second-order valence-electron chi connectivity index (χ2n) is 6.68. The Morgan fingerprint density at radius 1 is 0.848 bits per heavy atom. The zero-order valence-electron chi connectivity index (χ0n) is 18.5. The van der Waals surface area contributed by atoms with E-state index in [1.165, 1.54) is 13.3 Å². The molecule has 0 saturated carbocycles. The molecule has 1 amide bonds. The number of nitrogens with one attached hydrogen (secondary N) is 1. The Morgan fingerprint density at radius 2 is 1.52 bits per heavy atom. The molecule has 0 aromatic heterocycles. The second-order valence-corrected chi connectivity index (χ2v) is 6.68. The van der Waals surface area contributed by atoms with Gasteiger partial charge in [0.1, 0.15) is 11.5 Å². The Labute approximate surface area is 191 Å². The number of rotatable bonds is 9. The van der Waals surface area contributed by atoms with Crippen molar-refractivity contribution in [3.8, 4) is 23.0 Å². The van der Waals surface area contributed by atoms with Crippen LogP contribution in [0.5, 0.6) is 23.0 Å². The highest BCUT2D eigenvalue weighted by molar-refractivity contribution is 5.95. The summed E-state index contributed by atoms with van der Waals surface area (Å²) in [6, 6.07) is 18.3. The molecular formula is C25H24N2O6. The van der Waals surface area contributed by atoms with E-state index in [0.29, 0.717) is 40.5 Å². The van der Waals surface area contributed by atoms with Crippen molar-refractivity contribution in [1.29, 1.82) is 0 Å². The van der Waals surface area contributed by atoms with Crippen molar-refractivity contribution in [3.05, 3.63) is 83.4 Å². The number of carbonyl (C=O) groups excluding carboxylic acids is 2. The number of methoxy groups -OCH3 is 2. The van der Waals surface area contributed by atoms with Crippen LogP contribution in [0.3, 0.4) is 0 Å². The minimum Gasteiger partial charge on any atom is -0.497 e. The number of ether oxygens (including phenoxy) is 4. The molecule has 0 aliphatic heterocycles. The van der Waals surface area contributed by atoms with E-state index in [2.05, 4.69) is 10.5 Å². The summed E-state index contributed by atoms with van der Waals surface area (Å²) in [4.78, 5) is 24.6. The molecule has 33 heavy (non-hydrogen) atoms. The first kappa shape index (κ1) is 23.3. The minimum absolute atomic E-state index is 0.260. The maximum atomic E-state index is 12.5. The summed E-state index contributed by atoms with van der Waals surface area (Å²) in [6.45, 7) is 2.43. The third-order valence-electron chi connectivity index (χ3n) is 4.52. The first-order valence-electron chi connectivity index (χ1n) is 10.1. The van der Waals surface area contributed by atoms with Crippen LogP contribution in [-0.2, 0) is 0 Å². The van der Waals surface area contributed by atoms with Gasteiger partial charge >= 0.3 is 5.97 Å². The van der Waals surface area contributed by atoms with E-state index in [4.69, 9.17) is 18.9 Å². The fourth-order valence-corrected chi connectivity index (χ4v) is 2.83. The van der Waals surface area contributed by atoms with Crippen molar-refractivity contribution < 1.29 is 28.5 Å². The zero-order chi connectivity index (χ0) is 23.6. The molecule has 0 aliphatic carbocycles. The van der Waals surface area contributed by atoms with Gasteiger partial charge in [0.15, 0.2) is 11.5 Å². The van der Waals surface area contributed by atoms with Gasteiger partial charge in [-0.3, -0.25) is 4.79 Å². The first-order valence-corrected chi connectivity index (χ1v) is 10.1. The molecule has 170 valence electrons. The van der Waals surface area contributed by atoms with Crippen molar-refractivity contribution in [2.24, 2.45) is 5.10 Å². The van der Waals surface area contributed by atoms with E-state index in [1.807, 2.05) is 6.92 Å². The van der Waals surface area contributed by atoms with Gasteiger partial charge < -0.3 is 18.9 Å². The summed E-state index contributed by atoms with van der Waals surface area (Å²) in [7, 11) is 3.02. The molecule has 0 unspecified atom stereocenters. The van der Waals surface area contributed by atoms with Gasteiger partial charge in [-0.1, -0.05) is 0 Å². The summed E-state index contributed by atoms with van der Waals surface area (Å²) >= 11 is 0. The first-order chi connectivity index (χ1) is 16.0. The molecule has 0 atom stereocenters. The van der Waals surface area contributed by atoms with E-state index >= 15 is 0 Å². The van der Waals surface area contributed by atoms with Crippen molar-refractivity contribution in [2.75, 3.05) is 20.8 Å². The van der Waals surface area contributed by atoms with E-state index in [1.54, 1.807) is 73.8 Å². The van der Waals surface area contributed by atoms with Gasteiger partial charge in [0, 0.05) is 5.56 Å². The van der Waals surface area contributed by atoms with E-state index in [9.17, 15) is 9.59 Å². The average Bonchev–Trinajstić information content (AvgIpc) is 2.85. The molecule has 3 aromatic carbocycles. The van der Waals surface area contributed by atoms with Gasteiger partial charge in [0.25, 0.3) is 5.91 Å². The number of amides is 1. The largest absolute Gasteiger partial charge is 0.497 e. The number of hydrogen-bond donors (Lipinski definition) is 1. The smallest absolute Gasteiger partial charge is 0.343 e. The predicted molar refractivity (Wildman–Crippen MR) is 124 cm³/mol. The number of benzene rings is 3. The van der Waals surface area contributed by atoms with Crippen molar-refractivity contribution in [2.45, 2.75) is 6.92 Å². The standard InChI is InChI=1S/C25H24N2O6/c1-4-32-21-12-8-19(9-13-21)25(29)33-22-14-5-17(15-23(22)31-3)16-26-27-24(28)18-6-10-20(30-2)11-7-18/h5-16H,4H2,1-3H3,(H,27,28). The lowest BCUT2D eigenvalue weighted by molar-refractivity contribution is 0.0729. The highest BCUT2D eigenvalue weighted by Crippen LogP contribution is 2.28. The lowest BCUT2D eigenvalue weighted by Gasteiger charge is -2.10. The molecule has 0 fully saturated rings. The SMILES string of the molecule is CCOc1ccc(C(=O)Oc2ccc(C=NNC(=O)c3ccc(OC)cc3)cc2OC)cc1. The number of hydrogen-bond acceptors (Lipinski definition) is 7. The fraction of sp³-hybridized carbons (Fsp3) is 0.160. The van der Waals surface area contributed by atoms with Gasteiger partial charge in [-0.15, -0.1) is 0 Å². The van der Waals surface area contributed by atoms with Gasteiger partial charge in [-0.25, -0.2) is 10.2 Å². The minimum atomic E-state index is -0.524. The fourth-order valence-electron chi connectivity index (χ4n) is 2.83. The van der Waals surface area contributed by atoms with Crippen LogP contribution in [0.4, 0.5) is 0 Å². The Hall–Kier alpha value is -4.33. The third-order valence-corrected chi connectivity index (χ3v) is 4.52. The molecule has 0 aliphatic rings. The summed E-state index contributed by atoms with van der Waals surface area (Å²) in [5.74, 6) is 1.06. The van der Waals surface area contributed by atoms with Crippen molar-refractivity contribution in [1.82, 2.24) is 5.43 Å². The Morgan fingerprint density at radius 3 is 2.15 bits per heavy atom. The van der Waals surface area contributed by atoms with E-state index in [-0.39, 0.29) is 11.7 Å². The summed E-state index contributed by atoms with van der Waals surface area (Å²) in [6.07, 6.45) is 1.46. The number of esters is 1. The Balaban J connectivity index is 1.63. The molecule has 0 heterocycles. The molecule has 1 N–H and O–H groups in total. The molecular weight excluding hydrogens is 424 g/mol. The monoisotopic (exact) mass is 448 g/mol. The molecule has 3 aromatic rings. The molecule has 8 nitrogen and oxygen atoms in total. The van der Waals surface area contributed by atoms with Crippen molar-refractivity contribution >= 4 is 18.1 Å². The highest BCUT2D eigenvalue weighted by Gasteiger charge is 2.13. The zero-order valence-corrected chi connectivity index (χ0v) is 18.5. The van der Waals surface area contributed by atoms with Crippen LogP contribution in [0, 0.1) is 0 Å². The van der Waals surface area contributed by atoms with Gasteiger partial charge in [-0.05, 0) is 79.2 Å². The third kappa shape index (κ3) is 6.33. The molecule has 3 rings (SSSR count). The molecule has 0 bridgehead atoms. The average molecular weight is 448 g/mol. The van der Waals surface area contributed by atoms with Gasteiger partial charge in [0.2, 0.25) is 0 Å². The number of nitrogens with zero attached hydrogens (tertiary/aromatic N) is 1. The quantitative estimate of drug-likeness (QED) is 0.229. The molecule has 8 heteroatoms. The molecule has 0 spiro atoms. The van der Waals surface area contributed by atoms with Crippen LogP contribution >= 0.6 is 0 Å². The van der Waals surface area contributed by atoms with Crippen LogP contribution in [-0.4, -0.2) is 38.9 Å². The Bertz CT molecular complexity index is 1120. The van der Waals surface area contributed by atoms with E-state index < -0.39 is 5.97 Å². The Kier molecular flexibility index (Phi) is 8.02. The van der Waals surface area contributed by atoms with Crippen LogP contribution in [0.25, 0.3) is 0 Å². The van der Waals surface area contributed by atoms with Crippen LogP contribution < -0.4 is 24.4 Å². The van der Waals surface area contributed by atoms with Crippen molar-refractivity contribution in [3.63, 3.8) is 0 Å². The topological polar surface area (TPSA) is 95.5 Å². The molecule has 0 radical (unpaired) electrons. The van der Waals surface area contributed by atoms with Crippen LogP contribution in [0.1, 0.15) is 33.2 Å². The maximum absolute atomic E-state index is 12.5.